The molecule has 0 heterocycles. The predicted octanol–water partition coefficient (Wildman–Crippen LogP) is 15.8. The predicted molar refractivity (Wildman–Crippen MR) is 260 cm³/mol. The van der Waals surface area contributed by atoms with E-state index in [4.69, 9.17) is 0 Å². The molecule has 0 aliphatic carbocycles. The molecule has 8 nitrogen and oxygen atoms in total. The second-order valence-electron chi connectivity index (χ2n) is 17.5. The largest absolute Gasteiger partial charge is 2.00 e. The summed E-state index contributed by atoms with van der Waals surface area (Å²) in [6, 6.07) is 0. The summed E-state index contributed by atoms with van der Waals surface area (Å²) in [5.41, 5.74) is 0. The van der Waals surface area contributed by atoms with Crippen LogP contribution in [0, 0.1) is 11.8 Å². The van der Waals surface area contributed by atoms with E-state index in [2.05, 4.69) is 48.2 Å². The average molecular weight is 932 g/mol. The molecule has 2 unspecified atom stereocenters. The fourth-order valence-corrected chi connectivity index (χ4v) is 8.30. The normalized spacial score (nSPS) is 13.1. The van der Waals surface area contributed by atoms with E-state index in [1.54, 1.807) is 0 Å². The molecule has 0 aliphatic rings. The van der Waals surface area contributed by atoms with Crippen LogP contribution in [0.1, 0.15) is 272 Å². The number of hydrogen-bond acceptors (Lipinski definition) is 8. The summed E-state index contributed by atoms with van der Waals surface area (Å²) in [6.07, 6.45) is 56.3. The quantitative estimate of drug-likeness (QED) is 0.0194. The number of unbranched alkanes of at least 4 members (excludes halogenated alkanes) is 32. The summed E-state index contributed by atoms with van der Waals surface area (Å²) in [4.78, 5) is 0. The van der Waals surface area contributed by atoms with Crippen molar-refractivity contribution in [2.75, 3.05) is 13.2 Å². The number of hydrogen-bond donors (Lipinski definition) is 0. The van der Waals surface area contributed by atoms with Crippen LogP contribution in [0.5, 0.6) is 0 Å². The third kappa shape index (κ3) is 60.5. The molecule has 0 aromatic heterocycles. The Kier molecular flexibility index (Phi) is 55.5. The van der Waals surface area contributed by atoms with Crippen molar-refractivity contribution in [2.45, 2.75) is 272 Å². The molecule has 0 fully saturated rings. The van der Waals surface area contributed by atoms with Crippen molar-refractivity contribution < 1.29 is 34.3 Å². The van der Waals surface area contributed by atoms with Crippen LogP contribution in [0.4, 0.5) is 0 Å². The van der Waals surface area contributed by atoms with E-state index in [0.29, 0.717) is 0 Å². The molecular formula is C50H98CaO8S2. The monoisotopic (exact) mass is 931 g/mol. The third-order valence-electron chi connectivity index (χ3n) is 11.5. The standard InChI is InChI=1S/2C25H50O4S.Ca/c2*1-3-5-7-9-10-11-12-13-14-15-16-17-19-21-23-25(24-29-30(26,27)28)22-20-18-8-6-4-2;/h2*20,22,25H,3-19,21,23-24H2,1-2H3,(H,26,27,28);/q;;+2/p-2/b2*22-20+;. The zero-order valence-electron chi connectivity index (χ0n) is 40.5. The molecule has 11 heteroatoms. The van der Waals surface area contributed by atoms with Gasteiger partial charge in [-0.25, -0.2) is 16.8 Å². The Morgan fingerprint density at radius 3 is 0.803 bits per heavy atom. The summed E-state index contributed by atoms with van der Waals surface area (Å²) in [5, 5.41) is 0. The van der Waals surface area contributed by atoms with Crippen LogP contribution in [0.25, 0.3) is 0 Å². The van der Waals surface area contributed by atoms with Gasteiger partial charge in [0.05, 0.1) is 13.2 Å². The van der Waals surface area contributed by atoms with Gasteiger partial charge in [0.15, 0.2) is 0 Å². The van der Waals surface area contributed by atoms with E-state index in [9.17, 15) is 25.9 Å². The minimum Gasteiger partial charge on any atom is -0.726 e. The van der Waals surface area contributed by atoms with Gasteiger partial charge in [-0.15, -0.1) is 0 Å². The molecule has 0 bridgehead atoms. The van der Waals surface area contributed by atoms with Crippen LogP contribution >= 0.6 is 0 Å². The van der Waals surface area contributed by atoms with Gasteiger partial charge in [-0.3, -0.25) is 8.37 Å². The molecule has 0 rings (SSSR count). The fraction of sp³-hybridized carbons (Fsp3) is 0.920. The molecule has 0 spiro atoms. The molecule has 0 aliphatic heterocycles. The molecule has 0 saturated heterocycles. The minimum atomic E-state index is -4.60. The number of rotatable bonds is 46. The van der Waals surface area contributed by atoms with Gasteiger partial charge in [0.25, 0.3) is 0 Å². The summed E-state index contributed by atoms with van der Waals surface area (Å²) < 4.78 is 73.5. The van der Waals surface area contributed by atoms with Gasteiger partial charge in [0.1, 0.15) is 0 Å². The van der Waals surface area contributed by atoms with E-state index in [-0.39, 0.29) is 62.8 Å². The minimum absolute atomic E-state index is 0. The van der Waals surface area contributed by atoms with Gasteiger partial charge in [-0.05, 0) is 38.5 Å². The molecule has 2 atom stereocenters. The Labute approximate surface area is 410 Å². The van der Waals surface area contributed by atoms with Gasteiger partial charge in [0, 0.05) is 11.8 Å². The van der Waals surface area contributed by atoms with Crippen LogP contribution in [0.2, 0.25) is 0 Å². The Morgan fingerprint density at radius 1 is 0.361 bits per heavy atom. The van der Waals surface area contributed by atoms with Crippen LogP contribution in [-0.2, 0) is 29.2 Å². The van der Waals surface area contributed by atoms with Gasteiger partial charge >= 0.3 is 37.7 Å². The van der Waals surface area contributed by atoms with Crippen molar-refractivity contribution in [3.63, 3.8) is 0 Å². The van der Waals surface area contributed by atoms with Crippen molar-refractivity contribution in [1.82, 2.24) is 0 Å². The van der Waals surface area contributed by atoms with Gasteiger partial charge in [-0.2, -0.15) is 0 Å². The second-order valence-corrected chi connectivity index (χ2v) is 19.6. The van der Waals surface area contributed by atoms with Crippen molar-refractivity contribution in [3.05, 3.63) is 24.3 Å². The van der Waals surface area contributed by atoms with Crippen molar-refractivity contribution in [3.8, 4) is 0 Å². The molecular weight excluding hydrogens is 833 g/mol. The maximum atomic E-state index is 10.8. The van der Waals surface area contributed by atoms with Crippen molar-refractivity contribution in [1.29, 1.82) is 0 Å². The first-order valence-electron chi connectivity index (χ1n) is 25.5. The van der Waals surface area contributed by atoms with E-state index >= 15 is 0 Å². The SMILES string of the molecule is CCCCC/C=C/C(CCCCCCCCCCCCCCCC)COS(=O)(=O)[O-].CCCCC/C=C/C(CCCCCCCCCCCCCCCC)COS(=O)(=O)[O-].[Ca+2]. The molecule has 0 amide bonds. The van der Waals surface area contributed by atoms with E-state index in [0.717, 1.165) is 51.4 Å². The molecule has 0 saturated carbocycles. The first-order chi connectivity index (χ1) is 29.0. The summed E-state index contributed by atoms with van der Waals surface area (Å²) >= 11 is 0. The third-order valence-corrected chi connectivity index (χ3v) is 12.3. The zero-order valence-corrected chi connectivity index (χ0v) is 44.4. The Balaban J connectivity index is -0.00000109. The van der Waals surface area contributed by atoms with Gasteiger partial charge < -0.3 is 9.11 Å². The van der Waals surface area contributed by atoms with Gasteiger partial charge in [0.2, 0.25) is 20.8 Å². The Bertz CT molecular complexity index is 1040. The molecule has 0 aromatic carbocycles. The first kappa shape index (κ1) is 65.8. The molecule has 61 heavy (non-hydrogen) atoms. The van der Waals surface area contributed by atoms with E-state index < -0.39 is 20.8 Å². The topological polar surface area (TPSA) is 133 Å². The van der Waals surface area contributed by atoms with Crippen molar-refractivity contribution >= 4 is 58.5 Å². The maximum Gasteiger partial charge on any atom is 2.00 e. The maximum absolute atomic E-state index is 10.8. The fourth-order valence-electron chi connectivity index (χ4n) is 7.62. The van der Waals surface area contributed by atoms with Crippen molar-refractivity contribution in [2.24, 2.45) is 11.8 Å². The second kappa shape index (κ2) is 51.5. The molecule has 0 radical (unpaired) electrons. The van der Waals surface area contributed by atoms with E-state index in [1.165, 1.54) is 193 Å². The Hall–Kier alpha value is 0.480. The first-order valence-corrected chi connectivity index (χ1v) is 28.2. The number of allylic oxidation sites excluding steroid dienone is 2. The van der Waals surface area contributed by atoms with Crippen LogP contribution < -0.4 is 0 Å². The molecule has 360 valence electrons. The van der Waals surface area contributed by atoms with Crippen LogP contribution in [0.15, 0.2) is 24.3 Å². The summed E-state index contributed by atoms with van der Waals surface area (Å²) in [7, 11) is -9.20. The molecule has 0 N–H and O–H groups in total. The van der Waals surface area contributed by atoms with Gasteiger partial charge in [-0.1, -0.05) is 257 Å². The Morgan fingerprint density at radius 2 is 0.574 bits per heavy atom. The van der Waals surface area contributed by atoms with E-state index in [1.807, 2.05) is 12.2 Å². The summed E-state index contributed by atoms with van der Waals surface area (Å²) in [6.45, 7) is 8.84. The average Bonchev–Trinajstić information content (AvgIpc) is 3.20. The molecule has 0 aromatic rings. The smallest absolute Gasteiger partial charge is 0.726 e. The zero-order chi connectivity index (χ0) is 44.7. The van der Waals surface area contributed by atoms with Crippen LogP contribution in [-0.4, -0.2) is 76.9 Å². The van der Waals surface area contributed by atoms with Crippen LogP contribution in [0.3, 0.4) is 0 Å². The summed E-state index contributed by atoms with van der Waals surface area (Å²) in [5.74, 6) is 0.0420.